The van der Waals surface area contributed by atoms with Crippen molar-refractivity contribution in [3.63, 3.8) is 0 Å². The Bertz CT molecular complexity index is 776. The maximum absolute atomic E-state index is 14.0. The van der Waals surface area contributed by atoms with E-state index < -0.39 is 0 Å². The molecule has 28 heavy (non-hydrogen) atoms. The van der Waals surface area contributed by atoms with Gasteiger partial charge in [-0.2, -0.15) is 0 Å². The molecule has 0 aliphatic carbocycles. The quantitative estimate of drug-likeness (QED) is 0.715. The molecule has 5 nitrogen and oxygen atoms in total. The van der Waals surface area contributed by atoms with Crippen molar-refractivity contribution < 1.29 is 18.7 Å². The lowest BCUT2D eigenvalue weighted by Gasteiger charge is -2.17. The van der Waals surface area contributed by atoms with Crippen LogP contribution in [0.25, 0.3) is 0 Å². The molecule has 2 N–H and O–H groups in total. The molecule has 0 radical (unpaired) electrons. The summed E-state index contributed by atoms with van der Waals surface area (Å²) < 4.78 is 24.3. The number of amides is 1. The van der Waals surface area contributed by atoms with Crippen LogP contribution in [0, 0.1) is 5.82 Å². The van der Waals surface area contributed by atoms with E-state index in [1.807, 2.05) is 30.3 Å². The van der Waals surface area contributed by atoms with Gasteiger partial charge in [-0.3, -0.25) is 4.79 Å². The second-order valence-corrected chi connectivity index (χ2v) is 6.74. The summed E-state index contributed by atoms with van der Waals surface area (Å²) in [5.74, 6) is -0.418. The van der Waals surface area contributed by atoms with Crippen molar-refractivity contribution in [1.29, 1.82) is 0 Å². The number of halogens is 2. The van der Waals surface area contributed by atoms with Gasteiger partial charge in [0, 0.05) is 43.3 Å². The maximum atomic E-state index is 14.0. The molecule has 152 valence electrons. The van der Waals surface area contributed by atoms with Crippen molar-refractivity contribution in [2.45, 2.75) is 18.6 Å². The Morgan fingerprint density at radius 1 is 1.18 bits per heavy atom. The van der Waals surface area contributed by atoms with Gasteiger partial charge in [0.15, 0.2) is 0 Å². The number of rotatable bonds is 7. The van der Waals surface area contributed by atoms with Crippen LogP contribution in [0.2, 0.25) is 0 Å². The summed E-state index contributed by atoms with van der Waals surface area (Å²) in [4.78, 5) is 14.6. The first kappa shape index (κ1) is 22.3. The highest BCUT2D eigenvalue weighted by molar-refractivity contribution is 5.94. The predicted octanol–water partition coefficient (Wildman–Crippen LogP) is 2.98. The minimum absolute atomic E-state index is 0. The monoisotopic (exact) mass is 408 g/mol. The third kappa shape index (κ3) is 5.29. The number of ether oxygens (including phenoxy) is 2. The SMILES string of the molecule is COCCOCc1cc(C(=O)N2C[C@@H](N)[C@H](c3ccccc3)C2)ccc1F.Cl. The summed E-state index contributed by atoms with van der Waals surface area (Å²) >= 11 is 0. The molecule has 2 aromatic carbocycles. The van der Waals surface area contributed by atoms with Crippen molar-refractivity contribution in [2.75, 3.05) is 33.4 Å². The van der Waals surface area contributed by atoms with E-state index in [-0.39, 0.29) is 42.7 Å². The summed E-state index contributed by atoms with van der Waals surface area (Å²) in [5.41, 5.74) is 8.22. The van der Waals surface area contributed by atoms with Crippen LogP contribution in [0.1, 0.15) is 27.4 Å². The lowest BCUT2D eigenvalue weighted by molar-refractivity contribution is 0.0603. The molecule has 2 atom stereocenters. The summed E-state index contributed by atoms with van der Waals surface area (Å²) in [6.07, 6.45) is 0. The fourth-order valence-electron chi connectivity index (χ4n) is 3.37. The lowest BCUT2D eigenvalue weighted by atomic mass is 9.95. The standard InChI is InChI=1S/C21H25FN2O3.ClH/c1-26-9-10-27-14-17-11-16(7-8-19(17)22)21(25)24-12-18(20(23)13-24)15-5-3-2-4-6-15;/h2-8,11,18,20H,9-10,12-14,23H2,1H3;1H/t18-,20+;/m0./s1. The van der Waals surface area contributed by atoms with Gasteiger partial charge in [0.25, 0.3) is 5.91 Å². The Labute approximate surface area is 171 Å². The first-order valence-corrected chi connectivity index (χ1v) is 9.05. The highest BCUT2D eigenvalue weighted by Crippen LogP contribution is 2.27. The van der Waals surface area contributed by atoms with E-state index in [1.54, 1.807) is 18.1 Å². The van der Waals surface area contributed by atoms with Crippen LogP contribution in [-0.4, -0.2) is 50.3 Å². The number of carbonyl (C=O) groups excluding carboxylic acids is 1. The highest BCUT2D eigenvalue weighted by Gasteiger charge is 2.34. The van der Waals surface area contributed by atoms with Crippen LogP contribution in [-0.2, 0) is 16.1 Å². The Kier molecular flexibility index (Phi) is 8.38. The highest BCUT2D eigenvalue weighted by atomic mass is 35.5. The molecule has 1 amide bonds. The Morgan fingerprint density at radius 3 is 2.64 bits per heavy atom. The van der Waals surface area contributed by atoms with Crippen molar-refractivity contribution in [3.05, 3.63) is 71.0 Å². The second-order valence-electron chi connectivity index (χ2n) is 6.74. The number of likely N-dealkylation sites (tertiary alicyclic amines) is 1. The number of hydrogen-bond acceptors (Lipinski definition) is 4. The molecular formula is C21H26ClFN2O3. The van der Waals surface area contributed by atoms with E-state index in [4.69, 9.17) is 15.2 Å². The zero-order valence-corrected chi connectivity index (χ0v) is 16.7. The second kappa shape index (κ2) is 10.5. The average Bonchev–Trinajstić information content (AvgIpc) is 3.08. The van der Waals surface area contributed by atoms with Crippen LogP contribution < -0.4 is 5.73 Å². The minimum Gasteiger partial charge on any atom is -0.382 e. The maximum Gasteiger partial charge on any atom is 0.253 e. The molecule has 1 aliphatic heterocycles. The van der Waals surface area contributed by atoms with Gasteiger partial charge in [0.05, 0.1) is 19.8 Å². The van der Waals surface area contributed by atoms with E-state index >= 15 is 0 Å². The van der Waals surface area contributed by atoms with Crippen molar-refractivity contribution >= 4 is 18.3 Å². The molecule has 1 saturated heterocycles. The molecule has 1 aliphatic rings. The zero-order valence-electron chi connectivity index (χ0n) is 15.8. The lowest BCUT2D eigenvalue weighted by Crippen LogP contribution is -2.32. The molecule has 7 heteroatoms. The van der Waals surface area contributed by atoms with Gasteiger partial charge < -0.3 is 20.1 Å². The molecule has 1 fully saturated rings. The molecule has 0 aromatic heterocycles. The normalized spacial score (nSPS) is 18.8. The predicted molar refractivity (Wildman–Crippen MR) is 108 cm³/mol. The third-order valence-electron chi connectivity index (χ3n) is 4.86. The van der Waals surface area contributed by atoms with E-state index in [1.165, 1.54) is 12.1 Å². The Hall–Kier alpha value is -1.99. The van der Waals surface area contributed by atoms with Crippen LogP contribution >= 0.6 is 12.4 Å². The summed E-state index contributed by atoms with van der Waals surface area (Å²) in [6, 6.07) is 14.2. The Balaban J connectivity index is 0.00000280. The minimum atomic E-state index is -0.385. The van der Waals surface area contributed by atoms with E-state index in [2.05, 4.69) is 0 Å². The number of nitrogens with zero attached hydrogens (tertiary/aromatic N) is 1. The van der Waals surface area contributed by atoms with Gasteiger partial charge in [0.2, 0.25) is 0 Å². The Morgan fingerprint density at radius 2 is 1.93 bits per heavy atom. The number of hydrogen-bond donors (Lipinski definition) is 1. The van der Waals surface area contributed by atoms with Crippen LogP contribution in [0.3, 0.4) is 0 Å². The number of methoxy groups -OCH3 is 1. The summed E-state index contributed by atoms with van der Waals surface area (Å²) in [5, 5.41) is 0. The van der Waals surface area contributed by atoms with Gasteiger partial charge in [-0.25, -0.2) is 4.39 Å². The third-order valence-corrected chi connectivity index (χ3v) is 4.86. The first-order valence-electron chi connectivity index (χ1n) is 9.05. The van der Waals surface area contributed by atoms with E-state index in [0.717, 1.165) is 5.56 Å². The van der Waals surface area contributed by atoms with Gasteiger partial charge in [-0.05, 0) is 23.8 Å². The summed E-state index contributed by atoms with van der Waals surface area (Å²) in [7, 11) is 1.58. The fraction of sp³-hybridized carbons (Fsp3) is 0.381. The molecule has 3 rings (SSSR count). The molecule has 1 heterocycles. The van der Waals surface area contributed by atoms with Crippen molar-refractivity contribution in [1.82, 2.24) is 4.90 Å². The van der Waals surface area contributed by atoms with Crippen LogP contribution in [0.15, 0.2) is 48.5 Å². The molecule has 0 saturated carbocycles. The van der Waals surface area contributed by atoms with Crippen molar-refractivity contribution in [2.24, 2.45) is 5.73 Å². The van der Waals surface area contributed by atoms with Gasteiger partial charge >= 0.3 is 0 Å². The molecule has 2 aromatic rings. The number of benzene rings is 2. The van der Waals surface area contributed by atoms with E-state index in [0.29, 0.717) is 37.4 Å². The van der Waals surface area contributed by atoms with Crippen LogP contribution in [0.4, 0.5) is 4.39 Å². The van der Waals surface area contributed by atoms with Gasteiger partial charge in [-0.15, -0.1) is 12.4 Å². The summed E-state index contributed by atoms with van der Waals surface area (Å²) in [6.45, 7) is 1.94. The largest absolute Gasteiger partial charge is 0.382 e. The smallest absolute Gasteiger partial charge is 0.253 e. The molecular weight excluding hydrogens is 383 g/mol. The molecule has 0 spiro atoms. The topological polar surface area (TPSA) is 64.8 Å². The number of nitrogens with two attached hydrogens (primary N) is 1. The number of carbonyl (C=O) groups is 1. The van der Waals surface area contributed by atoms with Gasteiger partial charge in [0.1, 0.15) is 5.82 Å². The van der Waals surface area contributed by atoms with E-state index in [9.17, 15) is 9.18 Å². The van der Waals surface area contributed by atoms with Crippen molar-refractivity contribution in [3.8, 4) is 0 Å². The zero-order chi connectivity index (χ0) is 19.2. The first-order chi connectivity index (χ1) is 13.1. The molecule has 0 bridgehead atoms. The van der Waals surface area contributed by atoms with Gasteiger partial charge in [-0.1, -0.05) is 30.3 Å². The van der Waals surface area contributed by atoms with Crippen LogP contribution in [0.5, 0.6) is 0 Å². The average molecular weight is 409 g/mol. The fourth-order valence-corrected chi connectivity index (χ4v) is 3.37. The molecule has 0 unspecified atom stereocenters.